The minimum Gasteiger partial charge on any atom is -0.480 e. The van der Waals surface area contributed by atoms with Crippen molar-refractivity contribution in [3.05, 3.63) is 93.3 Å². The first-order chi connectivity index (χ1) is 40.3. The van der Waals surface area contributed by atoms with E-state index >= 15 is 4.79 Å². The molecule has 9 amide bonds. The molecule has 0 aliphatic carbocycles. The number of anilines is 2. The number of nitrogens with zero attached hydrogens (tertiary/aromatic N) is 4. The van der Waals surface area contributed by atoms with Crippen LogP contribution in [0.5, 0.6) is 0 Å². The molecule has 4 aliphatic rings. The summed E-state index contributed by atoms with van der Waals surface area (Å²) >= 11 is 0. The zero-order valence-corrected chi connectivity index (χ0v) is 46.5. The van der Waals surface area contributed by atoms with Crippen molar-refractivity contribution in [3.63, 3.8) is 0 Å². The number of carbonyl (C=O) groups is 7. The van der Waals surface area contributed by atoms with Gasteiger partial charge in [0.25, 0.3) is 11.5 Å². The predicted molar refractivity (Wildman–Crippen MR) is 291 cm³/mol. The van der Waals surface area contributed by atoms with Gasteiger partial charge in [0.05, 0.1) is 17.8 Å². The number of aliphatic imine (C=N–C) groups is 1. The van der Waals surface area contributed by atoms with Gasteiger partial charge in [0.2, 0.25) is 11.8 Å². The number of aliphatic hydroxyl groups excluding tert-OH is 4. The van der Waals surface area contributed by atoms with Crippen LogP contribution in [0.4, 0.5) is 34.5 Å². The highest BCUT2D eigenvalue weighted by atomic mass is 19.1. The zero-order valence-electron chi connectivity index (χ0n) is 46.5. The number of imide groups is 1. The summed E-state index contributed by atoms with van der Waals surface area (Å²) in [5.74, 6) is -7.10. The van der Waals surface area contributed by atoms with Crippen molar-refractivity contribution in [2.24, 2.45) is 22.6 Å². The summed E-state index contributed by atoms with van der Waals surface area (Å²) in [6.07, 6.45) is -16.8. The number of carbonyl (C=O) groups excluding carboxylic acids is 6. The van der Waals surface area contributed by atoms with Crippen LogP contribution in [0.2, 0.25) is 0 Å². The second kappa shape index (κ2) is 28.1. The molecule has 1 aromatic heterocycles. The van der Waals surface area contributed by atoms with Gasteiger partial charge in [-0.3, -0.25) is 33.7 Å². The molecule has 4 aliphatic heterocycles. The predicted octanol–water partition coefficient (Wildman–Crippen LogP) is -2.96. The molecule has 15 atom stereocenters. The smallest absolute Gasteiger partial charge is 0.332 e. The van der Waals surface area contributed by atoms with Gasteiger partial charge < -0.3 is 92.3 Å². The van der Waals surface area contributed by atoms with Gasteiger partial charge in [-0.05, 0) is 73.2 Å². The summed E-state index contributed by atoms with van der Waals surface area (Å²) < 4.78 is 52.9. The molecule has 5 heterocycles. The Morgan fingerprint density at radius 3 is 2.12 bits per heavy atom. The van der Waals surface area contributed by atoms with Crippen LogP contribution in [0.15, 0.2) is 75.4 Å². The lowest BCUT2D eigenvalue weighted by molar-refractivity contribution is -0.232. The number of carboxylic acid groups (broad SMARTS) is 1. The normalized spacial score (nSPS) is 25.8. The SMILES string of the molecule is CO[C@H]1C(OC(C2C(=O)N(c3ccc(F)cc3)C(=O)N2CCCNC(=O)C(NC(=O)C(NC(=O)NC(C(=O)O)C(C)C)C2CCN=C(N)N2)C(O)C(C)C)[C@H]2O[C@@H](n3ccc(=O)[nH]c3=O)[C@H](O)[C@@H]2O)O[C@H](CNC(=O)Nc2ccc(F)cc2)[C@H]1O. The van der Waals surface area contributed by atoms with Crippen LogP contribution in [0.25, 0.3) is 0 Å². The molecule has 31 nitrogen and oxygen atoms in total. The number of aliphatic hydroxyl groups is 4. The number of H-pyrrole nitrogens is 1. The maximum Gasteiger partial charge on any atom is 0.332 e. The summed E-state index contributed by atoms with van der Waals surface area (Å²) in [4.78, 5) is 129. The molecule has 3 saturated heterocycles. The van der Waals surface area contributed by atoms with Crippen LogP contribution < -0.4 is 59.1 Å². The number of benzene rings is 2. The van der Waals surface area contributed by atoms with Gasteiger partial charge >= 0.3 is 29.8 Å². The molecule has 0 spiro atoms. The molecule has 0 saturated carbocycles. The fourth-order valence-corrected chi connectivity index (χ4v) is 10.00. The van der Waals surface area contributed by atoms with Crippen LogP contribution in [0, 0.1) is 23.5 Å². The molecule has 464 valence electrons. The second-order valence-electron chi connectivity index (χ2n) is 21.1. The van der Waals surface area contributed by atoms with Crippen LogP contribution in [-0.4, -0.2) is 206 Å². The van der Waals surface area contributed by atoms with Crippen molar-refractivity contribution in [2.45, 2.75) is 132 Å². The topological polar surface area (TPSA) is 441 Å². The molecule has 2 aromatic carbocycles. The number of halogens is 2. The Labute approximate surface area is 482 Å². The zero-order chi connectivity index (χ0) is 62.1. The Kier molecular flexibility index (Phi) is 21.3. The van der Waals surface area contributed by atoms with Gasteiger partial charge in [-0.25, -0.2) is 37.7 Å². The first-order valence-corrected chi connectivity index (χ1v) is 27.0. The van der Waals surface area contributed by atoms with E-state index in [1.54, 1.807) is 27.7 Å². The molecule has 0 radical (unpaired) electrons. The first kappa shape index (κ1) is 64.4. The average molecular weight is 1200 g/mol. The van der Waals surface area contributed by atoms with Crippen molar-refractivity contribution in [1.82, 2.24) is 46.4 Å². The van der Waals surface area contributed by atoms with E-state index < -0.39 is 181 Å². The van der Waals surface area contributed by atoms with E-state index in [0.29, 0.717) is 4.90 Å². The number of amides is 9. The van der Waals surface area contributed by atoms with Crippen molar-refractivity contribution in [2.75, 3.05) is 43.5 Å². The maximum absolute atomic E-state index is 15.1. The highest BCUT2D eigenvalue weighted by molar-refractivity contribution is 6.21. The number of nitrogens with one attached hydrogen (secondary N) is 8. The molecule has 15 N–H and O–H groups in total. The Morgan fingerprint density at radius 2 is 1.51 bits per heavy atom. The van der Waals surface area contributed by atoms with Gasteiger partial charge in [-0.1, -0.05) is 27.7 Å². The summed E-state index contributed by atoms with van der Waals surface area (Å²) in [5, 5.41) is 73.5. The molecular formula is C52H69F2N13O18. The number of aromatic nitrogens is 2. The number of urea groups is 3. The van der Waals surface area contributed by atoms with E-state index in [0.717, 1.165) is 65.2 Å². The maximum atomic E-state index is 15.1. The highest BCUT2D eigenvalue weighted by Gasteiger charge is 2.59. The number of ether oxygens (including phenoxy) is 4. The van der Waals surface area contributed by atoms with E-state index in [1.807, 2.05) is 4.98 Å². The van der Waals surface area contributed by atoms with Crippen molar-refractivity contribution >= 4 is 59.1 Å². The average Bonchev–Trinajstić information content (AvgIpc) is 1.97. The number of methoxy groups -OCH3 is 1. The van der Waals surface area contributed by atoms with E-state index in [4.69, 9.17) is 24.7 Å². The molecular weight excluding hydrogens is 1130 g/mol. The van der Waals surface area contributed by atoms with Crippen LogP contribution in [0.1, 0.15) is 46.8 Å². The van der Waals surface area contributed by atoms with Crippen LogP contribution in [-0.2, 0) is 38.1 Å². The van der Waals surface area contributed by atoms with Gasteiger partial charge in [0.1, 0.15) is 78.5 Å². The van der Waals surface area contributed by atoms with Crippen molar-refractivity contribution < 1.29 is 86.8 Å². The Morgan fingerprint density at radius 1 is 0.835 bits per heavy atom. The molecule has 7 rings (SSSR count). The molecule has 85 heavy (non-hydrogen) atoms. The number of hydrogen-bond acceptors (Lipinski definition) is 20. The lowest BCUT2D eigenvalue weighted by Crippen LogP contribution is -2.66. The Hall–Kier alpha value is -8.18. The second-order valence-corrected chi connectivity index (χ2v) is 21.1. The van der Waals surface area contributed by atoms with Crippen molar-refractivity contribution in [3.8, 4) is 0 Å². The molecule has 3 fully saturated rings. The fourth-order valence-electron chi connectivity index (χ4n) is 10.00. The lowest BCUT2D eigenvalue weighted by Gasteiger charge is -2.36. The van der Waals surface area contributed by atoms with E-state index in [2.05, 4.69) is 42.2 Å². The van der Waals surface area contributed by atoms with E-state index in [-0.39, 0.29) is 43.3 Å². The van der Waals surface area contributed by atoms with Gasteiger partial charge in [-0.15, -0.1) is 0 Å². The first-order valence-electron chi connectivity index (χ1n) is 27.0. The quantitative estimate of drug-likeness (QED) is 0.0315. The summed E-state index contributed by atoms with van der Waals surface area (Å²) in [6.45, 7) is 5.00. The molecule has 33 heteroatoms. The van der Waals surface area contributed by atoms with Crippen LogP contribution in [0.3, 0.4) is 0 Å². The minimum atomic E-state index is -2.09. The van der Waals surface area contributed by atoms with Gasteiger partial charge in [-0.2, -0.15) is 0 Å². The minimum absolute atomic E-state index is 0.0796. The standard InChI is InChI=1S/C52H69F2N13O18/c1-22(2)31(46(76)77)63-50(79)64-32(28-15-18-57-48(55)60-28)43(74)62-33(35(69)23(3)4)42(73)56-17-6-19-65-34(44(75)67(52(65)81)27-13-9-25(54)10-14-27)39(40-37(71)38(72)45(84-40)66-20-16-30(68)61-51(66)80)85-47-41(82-5)36(70)29(83-47)21-58-49(78)59-26-11-7-24(53)8-12-26/h7-14,16,20,22-23,28-29,31-41,45,47,69-72H,6,15,17-19,21H2,1-5H3,(H,56,73)(H,62,74)(H,76,77)(H3,55,57,60)(H2,58,59,78)(H,61,68,80)(H2,63,64,79)/t28?,29-,31?,32?,33?,34?,35?,36-,37+,38-,39?,40+,41-,45-,47?/m1/s1. The summed E-state index contributed by atoms with van der Waals surface area (Å²) in [6, 6.07) is -0.649. The van der Waals surface area contributed by atoms with Gasteiger partial charge in [0, 0.05) is 51.2 Å². The number of guanidine groups is 1. The lowest BCUT2D eigenvalue weighted by atomic mass is 9.97. The molecule has 8 unspecified atom stereocenters. The van der Waals surface area contributed by atoms with Gasteiger partial charge in [0.15, 0.2) is 18.5 Å². The number of hydrogen-bond donors (Lipinski definition) is 14. The molecule has 0 bridgehead atoms. The third-order valence-corrected chi connectivity index (χ3v) is 14.5. The third kappa shape index (κ3) is 15.2. The van der Waals surface area contributed by atoms with E-state index in [1.165, 1.54) is 12.1 Å². The number of rotatable bonds is 24. The number of nitrogens with two attached hydrogens (primary N) is 1. The third-order valence-electron chi connectivity index (χ3n) is 14.5. The number of carboxylic acids is 1. The number of aromatic amines is 1. The Bertz CT molecular complexity index is 3050. The fraction of sp³-hybridized carbons (Fsp3) is 0.538. The largest absolute Gasteiger partial charge is 0.480 e. The Balaban J connectivity index is 1.16. The van der Waals surface area contributed by atoms with Crippen molar-refractivity contribution in [1.29, 1.82) is 0 Å². The molecule has 3 aromatic rings. The van der Waals surface area contributed by atoms with Crippen LogP contribution >= 0.6 is 0 Å². The number of aliphatic carboxylic acids is 1. The highest BCUT2D eigenvalue weighted by Crippen LogP contribution is 2.39. The summed E-state index contributed by atoms with van der Waals surface area (Å²) in [7, 11) is 1.15. The monoisotopic (exact) mass is 1200 g/mol. The summed E-state index contributed by atoms with van der Waals surface area (Å²) in [5.41, 5.74) is 4.02. The van der Waals surface area contributed by atoms with E-state index in [9.17, 15) is 72.7 Å².